The monoisotopic (exact) mass is 500 g/mol. The number of imidazole rings is 1. The lowest BCUT2D eigenvalue weighted by molar-refractivity contribution is 0.0623. The summed E-state index contributed by atoms with van der Waals surface area (Å²) in [5, 5.41) is 0. The van der Waals surface area contributed by atoms with Gasteiger partial charge < -0.3 is 23.7 Å². The van der Waals surface area contributed by atoms with E-state index in [2.05, 4.69) is 51.9 Å². The van der Waals surface area contributed by atoms with E-state index < -0.39 is 0 Å². The number of carbonyl (C=O) groups excluding carboxylic acids is 1. The molecule has 192 valence electrons. The third-order valence-electron chi connectivity index (χ3n) is 6.85. The molecule has 0 atom stereocenters. The van der Waals surface area contributed by atoms with Crippen molar-refractivity contribution in [2.45, 2.75) is 13.1 Å². The number of carbonyl (C=O) groups is 1. The van der Waals surface area contributed by atoms with Gasteiger partial charge in [-0.25, -0.2) is 4.98 Å². The van der Waals surface area contributed by atoms with Crippen LogP contribution in [0.15, 0.2) is 66.7 Å². The van der Waals surface area contributed by atoms with Crippen LogP contribution in [0.5, 0.6) is 17.2 Å². The minimum absolute atomic E-state index is 0.0461. The molecule has 1 aliphatic heterocycles. The average molecular weight is 501 g/mol. The summed E-state index contributed by atoms with van der Waals surface area (Å²) in [6.45, 7) is 4.31. The zero-order valence-electron chi connectivity index (χ0n) is 21.5. The number of hydrogen-bond acceptors (Lipinski definition) is 6. The molecule has 0 spiro atoms. The van der Waals surface area contributed by atoms with Crippen molar-refractivity contribution in [3.05, 3.63) is 83.7 Å². The lowest BCUT2D eigenvalue weighted by Gasteiger charge is -2.34. The number of fused-ring (bicyclic) bond motifs is 1. The number of para-hydroxylation sites is 2. The van der Waals surface area contributed by atoms with Crippen molar-refractivity contribution in [3.8, 4) is 17.2 Å². The first-order chi connectivity index (χ1) is 18.1. The van der Waals surface area contributed by atoms with Crippen molar-refractivity contribution in [3.63, 3.8) is 0 Å². The molecule has 5 rings (SSSR count). The number of benzene rings is 3. The van der Waals surface area contributed by atoms with Crippen molar-refractivity contribution in [1.82, 2.24) is 19.4 Å². The molecule has 2 heterocycles. The molecule has 0 bridgehead atoms. The maximum Gasteiger partial charge on any atom is 0.254 e. The Bertz CT molecular complexity index is 1350. The normalized spacial score (nSPS) is 14.1. The predicted octanol–water partition coefficient (Wildman–Crippen LogP) is 4.07. The Morgan fingerprint density at radius 1 is 0.811 bits per heavy atom. The summed E-state index contributed by atoms with van der Waals surface area (Å²) in [5.41, 5.74) is 3.91. The van der Waals surface area contributed by atoms with Crippen LogP contribution in [0.3, 0.4) is 0 Å². The quantitative estimate of drug-likeness (QED) is 0.363. The molecule has 37 heavy (non-hydrogen) atoms. The Morgan fingerprint density at radius 3 is 2.11 bits per heavy atom. The van der Waals surface area contributed by atoms with E-state index in [0.29, 0.717) is 35.9 Å². The second-order valence-electron chi connectivity index (χ2n) is 9.07. The minimum Gasteiger partial charge on any atom is -0.493 e. The van der Waals surface area contributed by atoms with Crippen LogP contribution in [0.4, 0.5) is 0 Å². The van der Waals surface area contributed by atoms with E-state index in [1.165, 1.54) is 5.56 Å². The SMILES string of the molecule is COc1cc(C(=O)N2CCN(Cc3nc4ccccc4n3Cc3ccccc3)CC2)cc(OC)c1OC. The third kappa shape index (κ3) is 5.11. The Kier molecular flexibility index (Phi) is 7.28. The molecule has 1 amide bonds. The molecule has 1 fully saturated rings. The summed E-state index contributed by atoms with van der Waals surface area (Å²) < 4.78 is 18.5. The molecule has 8 nitrogen and oxygen atoms in total. The van der Waals surface area contributed by atoms with Gasteiger partial charge in [-0.15, -0.1) is 0 Å². The molecule has 0 aliphatic carbocycles. The molecular weight excluding hydrogens is 468 g/mol. The lowest BCUT2D eigenvalue weighted by atomic mass is 10.1. The summed E-state index contributed by atoms with van der Waals surface area (Å²) >= 11 is 0. The van der Waals surface area contributed by atoms with Crippen LogP contribution in [0.1, 0.15) is 21.7 Å². The van der Waals surface area contributed by atoms with Gasteiger partial charge in [-0.2, -0.15) is 0 Å². The number of aromatic nitrogens is 2. The highest BCUT2D eigenvalue weighted by Crippen LogP contribution is 2.38. The van der Waals surface area contributed by atoms with Crippen LogP contribution in [0, 0.1) is 0 Å². The van der Waals surface area contributed by atoms with Crippen molar-refractivity contribution in [2.24, 2.45) is 0 Å². The zero-order valence-corrected chi connectivity index (χ0v) is 21.5. The highest BCUT2D eigenvalue weighted by atomic mass is 16.5. The second kappa shape index (κ2) is 10.9. The summed E-state index contributed by atoms with van der Waals surface area (Å²) in [6, 6.07) is 22.2. The highest BCUT2D eigenvalue weighted by Gasteiger charge is 2.26. The molecule has 1 saturated heterocycles. The molecule has 1 aromatic heterocycles. The fourth-order valence-electron chi connectivity index (χ4n) is 4.88. The summed E-state index contributed by atoms with van der Waals surface area (Å²) in [4.78, 5) is 22.5. The Labute approximate surface area is 217 Å². The van der Waals surface area contributed by atoms with Crippen LogP contribution < -0.4 is 14.2 Å². The van der Waals surface area contributed by atoms with E-state index in [1.54, 1.807) is 33.5 Å². The molecule has 0 radical (unpaired) electrons. The number of amides is 1. The predicted molar refractivity (Wildman–Crippen MR) is 143 cm³/mol. The van der Waals surface area contributed by atoms with Crippen molar-refractivity contribution in [2.75, 3.05) is 47.5 Å². The van der Waals surface area contributed by atoms with Gasteiger partial charge in [-0.05, 0) is 29.8 Å². The second-order valence-corrected chi connectivity index (χ2v) is 9.07. The molecular formula is C29H32N4O4. The zero-order chi connectivity index (χ0) is 25.8. The number of piperazine rings is 1. The molecule has 4 aromatic rings. The largest absolute Gasteiger partial charge is 0.493 e. The van der Waals surface area contributed by atoms with Gasteiger partial charge in [0.15, 0.2) is 11.5 Å². The van der Waals surface area contributed by atoms with Crippen LogP contribution in [0.25, 0.3) is 11.0 Å². The first kappa shape index (κ1) is 24.6. The van der Waals surface area contributed by atoms with Gasteiger partial charge in [0, 0.05) is 38.3 Å². The number of nitrogens with zero attached hydrogens (tertiary/aromatic N) is 4. The topological polar surface area (TPSA) is 69.1 Å². The van der Waals surface area contributed by atoms with Crippen molar-refractivity contribution >= 4 is 16.9 Å². The molecule has 0 unspecified atom stereocenters. The van der Waals surface area contributed by atoms with E-state index in [0.717, 1.165) is 43.0 Å². The molecule has 8 heteroatoms. The smallest absolute Gasteiger partial charge is 0.254 e. The van der Waals surface area contributed by atoms with E-state index in [9.17, 15) is 4.79 Å². The molecule has 3 aromatic carbocycles. The van der Waals surface area contributed by atoms with Gasteiger partial charge in [0.05, 0.1) is 38.9 Å². The van der Waals surface area contributed by atoms with E-state index in [4.69, 9.17) is 19.2 Å². The minimum atomic E-state index is -0.0461. The first-order valence-corrected chi connectivity index (χ1v) is 12.4. The fraction of sp³-hybridized carbons (Fsp3) is 0.310. The standard InChI is InChI=1S/C29H32N4O4/c1-35-25-17-22(18-26(36-2)28(25)37-3)29(34)32-15-13-31(14-16-32)20-27-30-23-11-7-8-12-24(23)33(27)19-21-9-5-4-6-10-21/h4-12,17-18H,13-16,19-20H2,1-3H3. The lowest BCUT2D eigenvalue weighted by Crippen LogP contribution is -2.48. The number of ether oxygens (including phenoxy) is 3. The Balaban J connectivity index is 1.30. The maximum atomic E-state index is 13.3. The summed E-state index contributed by atoms with van der Waals surface area (Å²) in [5.74, 6) is 2.41. The van der Waals surface area contributed by atoms with Crippen molar-refractivity contribution in [1.29, 1.82) is 0 Å². The van der Waals surface area contributed by atoms with Gasteiger partial charge in [0.2, 0.25) is 5.75 Å². The van der Waals surface area contributed by atoms with Crippen LogP contribution in [-0.2, 0) is 13.1 Å². The van der Waals surface area contributed by atoms with Gasteiger partial charge >= 0.3 is 0 Å². The van der Waals surface area contributed by atoms with Gasteiger partial charge in [0.1, 0.15) is 5.82 Å². The summed E-state index contributed by atoms with van der Waals surface area (Å²) in [6.07, 6.45) is 0. The molecule has 0 saturated carbocycles. The van der Waals surface area contributed by atoms with Crippen LogP contribution in [0.2, 0.25) is 0 Å². The Morgan fingerprint density at radius 2 is 1.46 bits per heavy atom. The van der Waals surface area contributed by atoms with E-state index in [1.807, 2.05) is 17.0 Å². The van der Waals surface area contributed by atoms with Crippen LogP contribution in [-0.4, -0.2) is 72.8 Å². The Hall–Kier alpha value is -4.04. The first-order valence-electron chi connectivity index (χ1n) is 12.4. The summed E-state index contributed by atoms with van der Waals surface area (Å²) in [7, 11) is 4.65. The maximum absolute atomic E-state index is 13.3. The fourth-order valence-corrected chi connectivity index (χ4v) is 4.88. The third-order valence-corrected chi connectivity index (χ3v) is 6.85. The number of rotatable bonds is 8. The molecule has 1 aliphatic rings. The number of hydrogen-bond donors (Lipinski definition) is 0. The highest BCUT2D eigenvalue weighted by molar-refractivity contribution is 5.95. The van der Waals surface area contributed by atoms with Gasteiger partial charge in [0.25, 0.3) is 5.91 Å². The average Bonchev–Trinajstić information content (AvgIpc) is 3.29. The van der Waals surface area contributed by atoms with Crippen LogP contribution >= 0.6 is 0 Å². The van der Waals surface area contributed by atoms with Gasteiger partial charge in [-0.1, -0.05) is 42.5 Å². The van der Waals surface area contributed by atoms with E-state index >= 15 is 0 Å². The molecule has 0 N–H and O–H groups in total. The number of methoxy groups -OCH3 is 3. The van der Waals surface area contributed by atoms with Crippen molar-refractivity contribution < 1.29 is 19.0 Å². The van der Waals surface area contributed by atoms with E-state index in [-0.39, 0.29) is 5.91 Å². The van der Waals surface area contributed by atoms with Gasteiger partial charge in [-0.3, -0.25) is 9.69 Å².